The van der Waals surface area contributed by atoms with E-state index in [2.05, 4.69) is 26.4 Å². The van der Waals surface area contributed by atoms with Crippen LogP contribution in [0.2, 0.25) is 0 Å². The van der Waals surface area contributed by atoms with Gasteiger partial charge >= 0.3 is 0 Å². The molecular weight excluding hydrogens is 348 g/mol. The van der Waals surface area contributed by atoms with Crippen LogP contribution in [0.4, 0.5) is 5.82 Å². The highest BCUT2D eigenvalue weighted by molar-refractivity contribution is 7.17. The number of fused-ring (bicyclic) bond motifs is 2. The molecule has 3 aromatic rings. The molecule has 0 aromatic carbocycles. The molecule has 1 fully saturated rings. The number of aromatic nitrogens is 4. The minimum absolute atomic E-state index is 0.261. The number of hydrogen-bond donors (Lipinski definition) is 1. The highest BCUT2D eigenvalue weighted by atomic mass is 32.1. The second-order valence-electron chi connectivity index (χ2n) is 6.95. The first kappa shape index (κ1) is 15.7. The van der Waals surface area contributed by atoms with Crippen molar-refractivity contribution in [3.05, 3.63) is 35.2 Å². The minimum atomic E-state index is 0.261. The van der Waals surface area contributed by atoms with Gasteiger partial charge in [0, 0.05) is 12.5 Å². The molecule has 26 heavy (non-hydrogen) atoms. The first-order valence-electron chi connectivity index (χ1n) is 9.04. The smallest absolute Gasteiger partial charge is 0.226 e. The van der Waals surface area contributed by atoms with E-state index in [9.17, 15) is 4.79 Å². The number of rotatable bonds is 4. The Bertz CT molecular complexity index is 960. The first-order valence-corrected chi connectivity index (χ1v) is 9.92. The van der Waals surface area contributed by atoms with Crippen LogP contribution in [0.5, 0.6) is 0 Å². The van der Waals surface area contributed by atoms with Gasteiger partial charge in [0.2, 0.25) is 5.91 Å². The molecule has 7 nitrogen and oxygen atoms in total. The highest BCUT2D eigenvalue weighted by Crippen LogP contribution is 2.30. The Balaban J connectivity index is 1.28. The molecule has 8 heteroatoms. The van der Waals surface area contributed by atoms with Gasteiger partial charge in [-0.15, -0.1) is 11.3 Å². The Morgan fingerprint density at radius 2 is 2.23 bits per heavy atom. The Labute approximate surface area is 155 Å². The zero-order valence-corrected chi connectivity index (χ0v) is 15.2. The molecule has 3 aromatic heterocycles. The fraction of sp³-hybridized carbons (Fsp3) is 0.444. The van der Waals surface area contributed by atoms with Crippen LogP contribution in [0.3, 0.4) is 0 Å². The van der Waals surface area contributed by atoms with E-state index in [1.807, 2.05) is 21.0 Å². The third-order valence-electron chi connectivity index (χ3n) is 5.29. The van der Waals surface area contributed by atoms with E-state index in [0.717, 1.165) is 53.4 Å². The lowest BCUT2D eigenvalue weighted by Gasteiger charge is -2.34. The van der Waals surface area contributed by atoms with Crippen molar-refractivity contribution < 1.29 is 4.79 Å². The maximum atomic E-state index is 12.5. The van der Waals surface area contributed by atoms with Crippen LogP contribution >= 0.6 is 11.3 Å². The van der Waals surface area contributed by atoms with Crippen LogP contribution < -0.4 is 5.32 Å². The van der Waals surface area contributed by atoms with Crippen LogP contribution in [-0.4, -0.2) is 37.1 Å². The SMILES string of the molecule is O=C(C1CCC1)N1CCn2nc(CNc3ncnc4ccsc34)cc2C1. The van der Waals surface area contributed by atoms with Gasteiger partial charge in [-0.05, 0) is 30.4 Å². The second kappa shape index (κ2) is 6.35. The van der Waals surface area contributed by atoms with Gasteiger partial charge in [0.15, 0.2) is 0 Å². The van der Waals surface area contributed by atoms with Gasteiger partial charge in [-0.25, -0.2) is 9.97 Å². The highest BCUT2D eigenvalue weighted by Gasteiger charge is 2.31. The number of carbonyl (C=O) groups excluding carboxylic acids is 1. The van der Waals surface area contributed by atoms with Crippen molar-refractivity contribution in [2.75, 3.05) is 11.9 Å². The lowest BCUT2D eigenvalue weighted by Crippen LogP contribution is -2.43. The van der Waals surface area contributed by atoms with Gasteiger partial charge in [0.25, 0.3) is 0 Å². The Kier molecular flexibility index (Phi) is 3.85. The zero-order chi connectivity index (χ0) is 17.5. The van der Waals surface area contributed by atoms with E-state index < -0.39 is 0 Å². The van der Waals surface area contributed by atoms with Gasteiger partial charge in [-0.2, -0.15) is 5.10 Å². The van der Waals surface area contributed by atoms with Gasteiger partial charge in [0.05, 0.1) is 41.2 Å². The fourth-order valence-corrected chi connectivity index (χ4v) is 4.41. The molecule has 1 amide bonds. The Morgan fingerprint density at radius 1 is 1.31 bits per heavy atom. The molecule has 0 spiro atoms. The summed E-state index contributed by atoms with van der Waals surface area (Å²) in [5.41, 5.74) is 3.05. The Hall–Kier alpha value is -2.48. The summed E-state index contributed by atoms with van der Waals surface area (Å²) in [6, 6.07) is 4.09. The molecule has 2 aliphatic rings. The molecule has 0 unspecified atom stereocenters. The van der Waals surface area contributed by atoms with Crippen molar-refractivity contribution in [1.82, 2.24) is 24.6 Å². The van der Waals surface area contributed by atoms with Crippen molar-refractivity contribution in [1.29, 1.82) is 0 Å². The van der Waals surface area contributed by atoms with Gasteiger partial charge in [-0.3, -0.25) is 9.48 Å². The number of anilines is 1. The fourth-order valence-electron chi connectivity index (χ4n) is 3.60. The molecule has 0 bridgehead atoms. The average Bonchev–Trinajstić information content (AvgIpc) is 3.24. The van der Waals surface area contributed by atoms with Crippen LogP contribution in [0, 0.1) is 5.92 Å². The molecule has 0 atom stereocenters. The maximum absolute atomic E-state index is 12.5. The van der Waals surface area contributed by atoms with E-state index in [0.29, 0.717) is 19.0 Å². The molecule has 1 aliphatic carbocycles. The van der Waals surface area contributed by atoms with E-state index in [4.69, 9.17) is 0 Å². The van der Waals surface area contributed by atoms with Crippen LogP contribution in [0.25, 0.3) is 10.2 Å². The van der Waals surface area contributed by atoms with E-state index in [1.165, 1.54) is 6.42 Å². The summed E-state index contributed by atoms with van der Waals surface area (Å²) >= 11 is 1.63. The number of nitrogens with one attached hydrogen (secondary N) is 1. The number of amides is 1. The normalized spacial score (nSPS) is 17.2. The van der Waals surface area contributed by atoms with Crippen molar-refractivity contribution in [3.8, 4) is 0 Å². The Morgan fingerprint density at radius 3 is 3.08 bits per heavy atom. The average molecular weight is 368 g/mol. The topological polar surface area (TPSA) is 75.9 Å². The monoisotopic (exact) mass is 368 g/mol. The van der Waals surface area contributed by atoms with Crippen molar-refractivity contribution in [2.24, 2.45) is 5.92 Å². The van der Waals surface area contributed by atoms with E-state index in [1.54, 1.807) is 17.7 Å². The van der Waals surface area contributed by atoms with Crippen molar-refractivity contribution in [3.63, 3.8) is 0 Å². The summed E-state index contributed by atoms with van der Waals surface area (Å²) in [5.74, 6) is 1.43. The van der Waals surface area contributed by atoms with E-state index >= 15 is 0 Å². The molecule has 1 aliphatic heterocycles. The zero-order valence-electron chi connectivity index (χ0n) is 14.4. The summed E-state index contributed by atoms with van der Waals surface area (Å²) < 4.78 is 3.09. The van der Waals surface area contributed by atoms with Gasteiger partial charge < -0.3 is 10.2 Å². The molecule has 0 saturated heterocycles. The summed E-state index contributed by atoms with van der Waals surface area (Å²) in [6.07, 6.45) is 4.89. The molecular formula is C18H20N6OS. The standard InChI is InChI=1S/C18H20N6OS/c25-18(12-2-1-3-12)23-5-6-24-14(10-23)8-13(22-24)9-19-17-16-15(4-7-26-16)20-11-21-17/h4,7-8,11-12H,1-3,5-6,9-10H2,(H,19,20,21). The molecule has 0 radical (unpaired) electrons. The molecule has 4 heterocycles. The van der Waals surface area contributed by atoms with Crippen molar-refractivity contribution in [2.45, 2.75) is 38.9 Å². The predicted molar refractivity (Wildman–Crippen MR) is 99.7 cm³/mol. The summed E-state index contributed by atoms with van der Waals surface area (Å²) in [4.78, 5) is 23.1. The van der Waals surface area contributed by atoms with Crippen molar-refractivity contribution >= 4 is 33.3 Å². The number of thiophene rings is 1. The summed E-state index contributed by atoms with van der Waals surface area (Å²) in [5, 5.41) is 10.1. The third-order valence-corrected chi connectivity index (χ3v) is 6.21. The van der Waals surface area contributed by atoms with Crippen LogP contribution in [0.1, 0.15) is 30.7 Å². The minimum Gasteiger partial charge on any atom is -0.363 e. The lowest BCUT2D eigenvalue weighted by atomic mass is 9.84. The van der Waals surface area contributed by atoms with Crippen LogP contribution in [0.15, 0.2) is 23.8 Å². The molecule has 1 saturated carbocycles. The molecule has 134 valence electrons. The molecule has 1 N–H and O–H groups in total. The van der Waals surface area contributed by atoms with E-state index in [-0.39, 0.29) is 5.92 Å². The van der Waals surface area contributed by atoms with Gasteiger partial charge in [0.1, 0.15) is 12.1 Å². The number of carbonyl (C=O) groups is 1. The second-order valence-corrected chi connectivity index (χ2v) is 7.86. The quantitative estimate of drug-likeness (QED) is 0.766. The maximum Gasteiger partial charge on any atom is 0.226 e. The first-order chi connectivity index (χ1) is 12.8. The largest absolute Gasteiger partial charge is 0.363 e. The number of hydrogen-bond acceptors (Lipinski definition) is 6. The third kappa shape index (κ3) is 2.74. The summed E-state index contributed by atoms with van der Waals surface area (Å²) in [6.45, 7) is 2.82. The number of nitrogens with zero attached hydrogens (tertiary/aromatic N) is 5. The molecule has 5 rings (SSSR count). The van der Waals surface area contributed by atoms with Crippen LogP contribution in [-0.2, 0) is 24.4 Å². The van der Waals surface area contributed by atoms with Gasteiger partial charge in [-0.1, -0.05) is 6.42 Å². The predicted octanol–water partition coefficient (Wildman–Crippen LogP) is 2.64. The summed E-state index contributed by atoms with van der Waals surface area (Å²) in [7, 11) is 0. The lowest BCUT2D eigenvalue weighted by molar-refractivity contribution is -0.139.